The van der Waals surface area contributed by atoms with Crippen molar-refractivity contribution in [1.82, 2.24) is 15.1 Å². The monoisotopic (exact) mass is 402 g/mol. The van der Waals surface area contributed by atoms with Crippen LogP contribution in [0.4, 0.5) is 0 Å². The normalized spacial score (nSPS) is 25.9. The molecule has 1 N–H and O–H groups in total. The van der Waals surface area contributed by atoms with E-state index in [9.17, 15) is 0 Å². The lowest BCUT2D eigenvalue weighted by Crippen LogP contribution is -2.44. The van der Waals surface area contributed by atoms with Crippen LogP contribution in [0.15, 0.2) is 29.3 Å². The third-order valence-electron chi connectivity index (χ3n) is 5.66. The predicted molar refractivity (Wildman–Crippen MR) is 118 cm³/mol. The minimum absolute atomic E-state index is 0.289. The number of hydrogen-bond donors (Lipinski definition) is 1. The second-order valence-electron chi connectivity index (χ2n) is 8.50. The summed E-state index contributed by atoms with van der Waals surface area (Å²) in [6.07, 6.45) is 1.72. The van der Waals surface area contributed by atoms with Gasteiger partial charge in [-0.05, 0) is 38.3 Å². The van der Waals surface area contributed by atoms with E-state index >= 15 is 0 Å². The number of guanidine groups is 1. The number of nitrogens with zero attached hydrogens (tertiary/aromatic N) is 3. The summed E-state index contributed by atoms with van der Waals surface area (Å²) in [5, 5.41) is 3.45. The van der Waals surface area contributed by atoms with Crippen molar-refractivity contribution in [3.63, 3.8) is 0 Å². The Morgan fingerprint density at radius 1 is 1.21 bits per heavy atom. The number of morpholine rings is 1. The van der Waals surface area contributed by atoms with Crippen LogP contribution in [0.1, 0.15) is 38.3 Å². The van der Waals surface area contributed by atoms with E-state index in [1.807, 2.05) is 0 Å². The minimum atomic E-state index is 0.289. The van der Waals surface area contributed by atoms with E-state index < -0.39 is 0 Å². The molecule has 0 radical (unpaired) electrons. The summed E-state index contributed by atoms with van der Waals surface area (Å²) >= 11 is 0. The van der Waals surface area contributed by atoms with Crippen molar-refractivity contribution in [1.29, 1.82) is 0 Å². The first-order valence-electron chi connectivity index (χ1n) is 11.1. The van der Waals surface area contributed by atoms with Crippen LogP contribution in [0.2, 0.25) is 0 Å². The first kappa shape index (κ1) is 22.1. The molecule has 6 heteroatoms. The summed E-state index contributed by atoms with van der Waals surface area (Å²) in [5.74, 6) is 1.57. The van der Waals surface area contributed by atoms with Gasteiger partial charge in [-0.3, -0.25) is 4.90 Å². The minimum Gasteiger partial charge on any atom is -0.381 e. The number of ether oxygens (including phenoxy) is 2. The van der Waals surface area contributed by atoms with E-state index in [2.05, 4.69) is 67.2 Å². The Balaban J connectivity index is 1.65. The smallest absolute Gasteiger partial charge is 0.193 e. The van der Waals surface area contributed by atoms with Crippen LogP contribution >= 0.6 is 0 Å². The second-order valence-corrected chi connectivity index (χ2v) is 8.50. The summed E-state index contributed by atoms with van der Waals surface area (Å²) in [6, 6.07) is 8.70. The molecule has 29 heavy (non-hydrogen) atoms. The van der Waals surface area contributed by atoms with Crippen molar-refractivity contribution in [3.8, 4) is 0 Å². The standard InChI is InChI=1S/C23H38N4O2/c1-5-24-23(26(4)15-20-10-11-28-17-20)25-12-21-8-6-7-9-22(21)16-27-13-18(2)29-19(3)14-27/h6-9,18-20H,5,10-17H2,1-4H3,(H,24,25). The first-order chi connectivity index (χ1) is 14.0. The molecule has 2 fully saturated rings. The Bertz CT molecular complexity index is 650. The maximum atomic E-state index is 5.88. The molecule has 0 bridgehead atoms. The highest BCUT2D eigenvalue weighted by Gasteiger charge is 2.23. The van der Waals surface area contributed by atoms with Crippen LogP contribution in [0.25, 0.3) is 0 Å². The van der Waals surface area contributed by atoms with Gasteiger partial charge >= 0.3 is 0 Å². The Labute approximate surface area is 176 Å². The zero-order chi connectivity index (χ0) is 20.6. The molecule has 2 aliphatic rings. The van der Waals surface area contributed by atoms with E-state index in [0.717, 1.165) is 58.3 Å². The van der Waals surface area contributed by atoms with Gasteiger partial charge < -0.3 is 19.7 Å². The molecule has 3 rings (SSSR count). The summed E-state index contributed by atoms with van der Waals surface area (Å²) in [5.41, 5.74) is 2.66. The van der Waals surface area contributed by atoms with Crippen molar-refractivity contribution in [2.45, 2.75) is 52.5 Å². The predicted octanol–water partition coefficient (Wildman–Crippen LogP) is 2.73. The average molecular weight is 403 g/mol. The van der Waals surface area contributed by atoms with Crippen LogP contribution in [0, 0.1) is 5.92 Å². The maximum Gasteiger partial charge on any atom is 0.193 e. The van der Waals surface area contributed by atoms with Crippen LogP contribution in [0.5, 0.6) is 0 Å². The summed E-state index contributed by atoms with van der Waals surface area (Å²) in [4.78, 5) is 9.70. The lowest BCUT2D eigenvalue weighted by atomic mass is 10.1. The van der Waals surface area contributed by atoms with Gasteiger partial charge in [0.1, 0.15) is 0 Å². The van der Waals surface area contributed by atoms with Gasteiger partial charge in [0.2, 0.25) is 0 Å². The maximum absolute atomic E-state index is 5.88. The van der Waals surface area contributed by atoms with Gasteiger partial charge in [-0.1, -0.05) is 24.3 Å². The van der Waals surface area contributed by atoms with Crippen LogP contribution in [-0.2, 0) is 22.6 Å². The fourth-order valence-electron chi connectivity index (χ4n) is 4.35. The van der Waals surface area contributed by atoms with E-state index in [4.69, 9.17) is 14.5 Å². The molecule has 0 spiro atoms. The third-order valence-corrected chi connectivity index (χ3v) is 5.66. The van der Waals surface area contributed by atoms with Crippen molar-refractivity contribution in [2.24, 2.45) is 10.9 Å². The van der Waals surface area contributed by atoms with E-state index in [1.165, 1.54) is 11.1 Å². The Morgan fingerprint density at radius 3 is 2.59 bits per heavy atom. The van der Waals surface area contributed by atoms with Gasteiger partial charge in [0, 0.05) is 52.3 Å². The number of hydrogen-bond acceptors (Lipinski definition) is 4. The summed E-state index contributed by atoms with van der Waals surface area (Å²) < 4.78 is 11.4. The molecule has 0 aliphatic carbocycles. The van der Waals surface area contributed by atoms with Gasteiger partial charge in [0.05, 0.1) is 25.4 Å². The van der Waals surface area contributed by atoms with Crippen molar-refractivity contribution in [2.75, 3.05) is 46.4 Å². The van der Waals surface area contributed by atoms with Gasteiger partial charge in [0.25, 0.3) is 0 Å². The summed E-state index contributed by atoms with van der Waals surface area (Å²) in [6.45, 7) is 13.7. The topological polar surface area (TPSA) is 49.3 Å². The van der Waals surface area contributed by atoms with E-state index in [1.54, 1.807) is 0 Å². The first-order valence-corrected chi connectivity index (χ1v) is 11.1. The summed E-state index contributed by atoms with van der Waals surface area (Å²) in [7, 11) is 2.13. The molecular formula is C23H38N4O2. The molecule has 1 aromatic carbocycles. The van der Waals surface area contributed by atoms with Crippen molar-refractivity contribution < 1.29 is 9.47 Å². The molecule has 3 atom stereocenters. The number of aliphatic imine (C=N–C) groups is 1. The van der Waals surface area contributed by atoms with Crippen LogP contribution in [-0.4, -0.2) is 74.4 Å². The van der Waals surface area contributed by atoms with Crippen LogP contribution < -0.4 is 5.32 Å². The number of rotatable bonds is 7. The molecule has 2 heterocycles. The molecule has 2 saturated heterocycles. The van der Waals surface area contributed by atoms with Gasteiger partial charge in [-0.15, -0.1) is 0 Å². The molecule has 0 aromatic heterocycles. The van der Waals surface area contributed by atoms with Crippen molar-refractivity contribution in [3.05, 3.63) is 35.4 Å². The van der Waals surface area contributed by atoms with Gasteiger partial charge in [0.15, 0.2) is 5.96 Å². The SMILES string of the molecule is CCNC(=NCc1ccccc1CN1CC(C)OC(C)C1)N(C)CC1CCOC1. The van der Waals surface area contributed by atoms with E-state index in [0.29, 0.717) is 12.5 Å². The zero-order valence-corrected chi connectivity index (χ0v) is 18.6. The fourth-order valence-corrected chi connectivity index (χ4v) is 4.35. The highest BCUT2D eigenvalue weighted by Crippen LogP contribution is 2.18. The molecule has 162 valence electrons. The van der Waals surface area contributed by atoms with Gasteiger partial charge in [-0.25, -0.2) is 4.99 Å². The Hall–Kier alpha value is -1.63. The fraction of sp³-hybridized carbons (Fsp3) is 0.696. The van der Waals surface area contributed by atoms with Crippen LogP contribution in [0.3, 0.4) is 0 Å². The lowest BCUT2D eigenvalue weighted by molar-refractivity contribution is -0.0705. The molecule has 2 aliphatic heterocycles. The molecular weight excluding hydrogens is 364 g/mol. The Kier molecular flexibility index (Phi) is 8.33. The number of benzene rings is 1. The highest BCUT2D eigenvalue weighted by atomic mass is 16.5. The lowest BCUT2D eigenvalue weighted by Gasteiger charge is -2.35. The second kappa shape index (κ2) is 11.0. The average Bonchev–Trinajstić information content (AvgIpc) is 3.18. The zero-order valence-electron chi connectivity index (χ0n) is 18.6. The number of nitrogens with one attached hydrogen (secondary N) is 1. The highest BCUT2D eigenvalue weighted by molar-refractivity contribution is 5.79. The Morgan fingerprint density at radius 2 is 1.93 bits per heavy atom. The quantitative estimate of drug-likeness (QED) is 0.561. The van der Waals surface area contributed by atoms with E-state index in [-0.39, 0.29) is 12.2 Å². The molecule has 6 nitrogen and oxygen atoms in total. The van der Waals surface area contributed by atoms with Crippen molar-refractivity contribution >= 4 is 5.96 Å². The van der Waals surface area contributed by atoms with Gasteiger partial charge in [-0.2, -0.15) is 0 Å². The third kappa shape index (κ3) is 6.69. The molecule has 0 saturated carbocycles. The largest absolute Gasteiger partial charge is 0.381 e. The molecule has 3 unspecified atom stereocenters. The molecule has 0 amide bonds. The molecule has 1 aromatic rings.